The van der Waals surface area contributed by atoms with Gasteiger partial charge >= 0.3 is 0 Å². The predicted molar refractivity (Wildman–Crippen MR) is 99.9 cm³/mol. The summed E-state index contributed by atoms with van der Waals surface area (Å²) in [5.41, 5.74) is 1.63. The van der Waals surface area contributed by atoms with Crippen LogP contribution in [-0.2, 0) is 21.2 Å². The van der Waals surface area contributed by atoms with Crippen LogP contribution in [0.4, 0.5) is 5.69 Å². The van der Waals surface area contributed by atoms with Crippen molar-refractivity contribution in [2.24, 2.45) is 0 Å². The third kappa shape index (κ3) is 3.73. The van der Waals surface area contributed by atoms with Crippen LogP contribution < -0.4 is 9.64 Å². The predicted octanol–water partition coefficient (Wildman–Crippen LogP) is 2.30. The molecule has 2 aromatic carbocycles. The zero-order chi connectivity index (χ0) is 18.7. The van der Waals surface area contributed by atoms with Crippen LogP contribution in [0.25, 0.3) is 0 Å². The number of carbonyl (C=O) groups is 1. The van der Waals surface area contributed by atoms with Crippen LogP contribution in [0.5, 0.6) is 5.75 Å². The number of ether oxygens (including phenoxy) is 1. The quantitative estimate of drug-likeness (QED) is 0.805. The molecule has 0 unspecified atom stereocenters. The van der Waals surface area contributed by atoms with Crippen molar-refractivity contribution in [1.82, 2.24) is 4.31 Å². The van der Waals surface area contributed by atoms with E-state index in [0.29, 0.717) is 12.3 Å². The highest BCUT2D eigenvalue weighted by Crippen LogP contribution is 2.30. The van der Waals surface area contributed by atoms with Gasteiger partial charge in [-0.15, -0.1) is 0 Å². The van der Waals surface area contributed by atoms with Gasteiger partial charge in [0.25, 0.3) is 5.91 Å². The maximum Gasteiger partial charge on any atom is 0.264 e. The molecule has 0 saturated carbocycles. The first-order valence-electron chi connectivity index (χ1n) is 8.43. The zero-order valence-corrected chi connectivity index (χ0v) is 15.7. The Morgan fingerprint density at radius 3 is 2.58 bits per heavy atom. The summed E-state index contributed by atoms with van der Waals surface area (Å²) in [6, 6.07) is 14.1. The van der Waals surface area contributed by atoms with Gasteiger partial charge < -0.3 is 9.64 Å². The lowest BCUT2D eigenvalue weighted by atomic mass is 10.0. The van der Waals surface area contributed by atoms with Crippen molar-refractivity contribution in [3.05, 3.63) is 54.1 Å². The van der Waals surface area contributed by atoms with E-state index in [0.717, 1.165) is 24.1 Å². The van der Waals surface area contributed by atoms with E-state index in [4.69, 9.17) is 4.74 Å². The number of amides is 1. The Hall–Kier alpha value is -2.38. The lowest BCUT2D eigenvalue weighted by Gasteiger charge is -2.30. The largest absolute Gasteiger partial charge is 0.484 e. The van der Waals surface area contributed by atoms with Crippen molar-refractivity contribution in [3.8, 4) is 5.75 Å². The van der Waals surface area contributed by atoms with Crippen LogP contribution in [0.3, 0.4) is 0 Å². The molecule has 3 rings (SSSR count). The molecule has 1 aliphatic heterocycles. The summed E-state index contributed by atoms with van der Waals surface area (Å²) in [4.78, 5) is 14.5. The van der Waals surface area contributed by atoms with Crippen molar-refractivity contribution in [2.75, 3.05) is 32.1 Å². The summed E-state index contributed by atoms with van der Waals surface area (Å²) in [5.74, 6) is 0.503. The van der Waals surface area contributed by atoms with Gasteiger partial charge in [-0.05, 0) is 48.7 Å². The number of rotatable bonds is 5. The summed E-state index contributed by atoms with van der Waals surface area (Å²) >= 11 is 0. The van der Waals surface area contributed by atoms with Crippen molar-refractivity contribution in [3.63, 3.8) is 0 Å². The smallest absolute Gasteiger partial charge is 0.264 e. The summed E-state index contributed by atoms with van der Waals surface area (Å²) in [7, 11) is -0.478. The van der Waals surface area contributed by atoms with Gasteiger partial charge in [-0.25, -0.2) is 12.7 Å². The van der Waals surface area contributed by atoms with Crippen molar-refractivity contribution >= 4 is 21.6 Å². The average Bonchev–Trinajstić information content (AvgIpc) is 2.65. The number of fused-ring (bicyclic) bond motifs is 1. The molecule has 6 nitrogen and oxygen atoms in total. The highest BCUT2D eigenvalue weighted by atomic mass is 32.2. The Morgan fingerprint density at radius 1 is 1.15 bits per heavy atom. The molecule has 2 aromatic rings. The van der Waals surface area contributed by atoms with Crippen LogP contribution in [0.1, 0.15) is 12.0 Å². The van der Waals surface area contributed by atoms with Crippen molar-refractivity contribution in [2.45, 2.75) is 17.7 Å². The van der Waals surface area contributed by atoms with Crippen LogP contribution in [0.2, 0.25) is 0 Å². The molecular weight excluding hydrogens is 352 g/mol. The van der Waals surface area contributed by atoms with Crippen LogP contribution in [0, 0.1) is 0 Å². The molecule has 0 N–H and O–H groups in total. The number of hydrogen-bond acceptors (Lipinski definition) is 4. The Labute approximate surface area is 154 Å². The summed E-state index contributed by atoms with van der Waals surface area (Å²) in [5, 5.41) is 0. The minimum Gasteiger partial charge on any atom is -0.484 e. The van der Waals surface area contributed by atoms with E-state index in [2.05, 4.69) is 0 Å². The summed E-state index contributed by atoms with van der Waals surface area (Å²) in [6.07, 6.45) is 1.53. The highest BCUT2D eigenvalue weighted by Gasteiger charge is 2.25. The molecule has 0 fully saturated rings. The molecule has 0 bridgehead atoms. The number of para-hydroxylation sites is 1. The van der Waals surface area contributed by atoms with Crippen LogP contribution in [-0.4, -0.2) is 45.9 Å². The van der Waals surface area contributed by atoms with E-state index in [1.165, 1.54) is 18.4 Å². The van der Waals surface area contributed by atoms with Crippen molar-refractivity contribution < 1.29 is 17.9 Å². The van der Waals surface area contributed by atoms with Gasteiger partial charge in [-0.3, -0.25) is 4.79 Å². The SMILES string of the molecule is CN(C)S(=O)(=O)c1ccc2c(c1)CCCN2C(=O)COc1ccccc1. The molecule has 1 amide bonds. The molecule has 0 atom stereocenters. The number of nitrogens with zero attached hydrogens (tertiary/aromatic N) is 2. The normalized spacial score (nSPS) is 14.2. The number of hydrogen-bond donors (Lipinski definition) is 0. The van der Waals surface area contributed by atoms with E-state index < -0.39 is 10.0 Å². The van der Waals surface area contributed by atoms with Crippen molar-refractivity contribution in [1.29, 1.82) is 0 Å². The third-order valence-electron chi connectivity index (χ3n) is 4.35. The minimum absolute atomic E-state index is 0.0544. The fraction of sp³-hybridized carbons (Fsp3) is 0.316. The molecule has 0 radical (unpaired) electrons. The van der Waals surface area contributed by atoms with Gasteiger partial charge in [0, 0.05) is 26.3 Å². The minimum atomic E-state index is -3.49. The Bertz CT molecular complexity index is 895. The first-order chi connectivity index (χ1) is 12.4. The van der Waals surface area contributed by atoms with Crippen LogP contribution in [0.15, 0.2) is 53.4 Å². The van der Waals surface area contributed by atoms with Gasteiger partial charge in [-0.1, -0.05) is 18.2 Å². The lowest BCUT2D eigenvalue weighted by molar-refractivity contribution is -0.120. The summed E-state index contributed by atoms with van der Waals surface area (Å²) in [6.45, 7) is 0.547. The molecule has 26 heavy (non-hydrogen) atoms. The number of aryl methyl sites for hydroxylation is 1. The second-order valence-electron chi connectivity index (χ2n) is 6.33. The molecule has 1 aliphatic rings. The van der Waals surface area contributed by atoms with Gasteiger partial charge in [0.1, 0.15) is 5.75 Å². The van der Waals surface area contributed by atoms with E-state index in [1.807, 2.05) is 18.2 Å². The number of sulfonamides is 1. The second-order valence-corrected chi connectivity index (χ2v) is 8.48. The molecule has 1 heterocycles. The summed E-state index contributed by atoms with van der Waals surface area (Å²) < 4.78 is 31.4. The highest BCUT2D eigenvalue weighted by molar-refractivity contribution is 7.89. The Morgan fingerprint density at radius 2 is 1.88 bits per heavy atom. The average molecular weight is 374 g/mol. The molecular formula is C19H22N2O4S. The van der Waals surface area contributed by atoms with E-state index in [-0.39, 0.29) is 17.4 Å². The molecule has 0 aliphatic carbocycles. The Balaban J connectivity index is 1.79. The third-order valence-corrected chi connectivity index (χ3v) is 6.17. The topological polar surface area (TPSA) is 66.9 Å². The maximum absolute atomic E-state index is 12.6. The number of carbonyl (C=O) groups excluding carboxylic acids is 1. The van der Waals surface area contributed by atoms with Crippen LogP contribution >= 0.6 is 0 Å². The van der Waals surface area contributed by atoms with Gasteiger partial charge in [0.15, 0.2) is 6.61 Å². The van der Waals surface area contributed by atoms with E-state index in [1.54, 1.807) is 35.2 Å². The lowest BCUT2D eigenvalue weighted by Crippen LogP contribution is -2.38. The zero-order valence-electron chi connectivity index (χ0n) is 14.9. The number of benzene rings is 2. The first kappa shape index (κ1) is 18.4. The molecule has 0 saturated heterocycles. The fourth-order valence-electron chi connectivity index (χ4n) is 2.94. The monoisotopic (exact) mass is 374 g/mol. The fourth-order valence-corrected chi connectivity index (χ4v) is 3.90. The van der Waals surface area contributed by atoms with Gasteiger partial charge in [0.2, 0.25) is 10.0 Å². The molecule has 0 aromatic heterocycles. The standard InChI is InChI=1S/C19H22N2O4S/c1-20(2)26(23,24)17-10-11-18-15(13-17)7-6-12-21(18)19(22)14-25-16-8-4-3-5-9-16/h3-5,8-11,13H,6-7,12,14H2,1-2H3. The number of anilines is 1. The maximum atomic E-state index is 12.6. The second kappa shape index (κ2) is 7.47. The molecule has 0 spiro atoms. The molecule has 138 valence electrons. The van der Waals surface area contributed by atoms with E-state index >= 15 is 0 Å². The van der Waals surface area contributed by atoms with Gasteiger partial charge in [-0.2, -0.15) is 0 Å². The first-order valence-corrected chi connectivity index (χ1v) is 9.87. The van der Waals surface area contributed by atoms with E-state index in [9.17, 15) is 13.2 Å². The van der Waals surface area contributed by atoms with Gasteiger partial charge in [0.05, 0.1) is 4.90 Å². The molecule has 7 heteroatoms. The Kier molecular flexibility index (Phi) is 5.29.